The Morgan fingerprint density at radius 3 is 2.45 bits per heavy atom. The fourth-order valence-electron chi connectivity index (χ4n) is 3.07. The number of nitrogens with two attached hydrogens (primary N) is 1. The Bertz CT molecular complexity index is 1260. The largest absolute Gasteiger partial charge is 0.492 e. The zero-order valence-electron chi connectivity index (χ0n) is 18.2. The number of esters is 1. The summed E-state index contributed by atoms with van der Waals surface area (Å²) in [6.45, 7) is 3.90. The number of aromatic nitrogens is 2. The van der Waals surface area contributed by atoms with Crippen LogP contribution in [-0.2, 0) is 16.1 Å². The van der Waals surface area contributed by atoms with Crippen LogP contribution in [0, 0.1) is 5.41 Å². The summed E-state index contributed by atoms with van der Waals surface area (Å²) in [4.78, 5) is 16.6. The summed E-state index contributed by atoms with van der Waals surface area (Å²) in [6, 6.07) is 11.9. The summed E-state index contributed by atoms with van der Waals surface area (Å²) in [6.07, 6.45) is -0.0584. The number of carbonyl (C=O) groups is 1. The number of aromatic hydroxyl groups is 1. The zero-order chi connectivity index (χ0) is 24.3. The average molecular weight is 492 g/mol. The van der Waals surface area contributed by atoms with Crippen LogP contribution in [0.5, 0.6) is 11.6 Å². The van der Waals surface area contributed by atoms with Crippen molar-refractivity contribution in [3.05, 3.63) is 69.4 Å². The molecule has 0 bridgehead atoms. The van der Waals surface area contributed by atoms with Crippen molar-refractivity contribution in [3.8, 4) is 11.6 Å². The SMILES string of the molecule is COC(=O)C(=N)c1c(O)n(N)c(=Nc2ccc(OC(C)C)c(Cl)c2)n1Cc1ccc(Cl)cc1. The molecule has 11 heteroatoms. The summed E-state index contributed by atoms with van der Waals surface area (Å²) in [5.74, 6) is 5.10. The second kappa shape index (κ2) is 10.0. The zero-order valence-corrected chi connectivity index (χ0v) is 19.7. The summed E-state index contributed by atoms with van der Waals surface area (Å²) in [5, 5.41) is 19.8. The van der Waals surface area contributed by atoms with E-state index in [9.17, 15) is 9.90 Å². The van der Waals surface area contributed by atoms with Gasteiger partial charge in [-0.05, 0) is 49.7 Å². The highest BCUT2D eigenvalue weighted by molar-refractivity contribution is 6.42. The first-order chi connectivity index (χ1) is 15.6. The van der Waals surface area contributed by atoms with E-state index in [-0.39, 0.29) is 24.0 Å². The molecular weight excluding hydrogens is 469 g/mol. The van der Waals surface area contributed by atoms with Gasteiger partial charge in [-0.15, -0.1) is 0 Å². The smallest absolute Gasteiger partial charge is 0.358 e. The quantitative estimate of drug-likeness (QED) is 0.264. The van der Waals surface area contributed by atoms with Crippen molar-refractivity contribution in [3.63, 3.8) is 0 Å². The first-order valence-corrected chi connectivity index (χ1v) is 10.6. The lowest BCUT2D eigenvalue weighted by molar-refractivity contribution is -0.132. The Labute approximate surface area is 200 Å². The lowest BCUT2D eigenvalue weighted by Crippen LogP contribution is -2.32. The monoisotopic (exact) mass is 491 g/mol. The van der Waals surface area contributed by atoms with Crippen LogP contribution in [0.1, 0.15) is 25.1 Å². The molecule has 0 spiro atoms. The minimum absolute atomic E-state index is 0.0584. The molecule has 2 aromatic carbocycles. The van der Waals surface area contributed by atoms with Crippen molar-refractivity contribution < 1.29 is 19.4 Å². The topological polar surface area (TPSA) is 128 Å². The van der Waals surface area contributed by atoms with E-state index in [1.165, 1.54) is 4.57 Å². The van der Waals surface area contributed by atoms with Crippen LogP contribution < -0.4 is 16.2 Å². The van der Waals surface area contributed by atoms with E-state index < -0.39 is 17.6 Å². The van der Waals surface area contributed by atoms with Gasteiger partial charge in [0, 0.05) is 5.02 Å². The highest BCUT2D eigenvalue weighted by atomic mass is 35.5. The number of hydrogen-bond acceptors (Lipinski definition) is 7. The Balaban J connectivity index is 2.19. The molecule has 3 rings (SSSR count). The molecule has 1 heterocycles. The Kier molecular flexibility index (Phi) is 7.35. The van der Waals surface area contributed by atoms with E-state index in [1.54, 1.807) is 42.5 Å². The number of benzene rings is 2. The van der Waals surface area contributed by atoms with E-state index in [0.717, 1.165) is 17.3 Å². The molecule has 1 aromatic heterocycles. The highest BCUT2D eigenvalue weighted by Gasteiger charge is 2.26. The van der Waals surface area contributed by atoms with E-state index in [4.69, 9.17) is 39.2 Å². The van der Waals surface area contributed by atoms with Gasteiger partial charge in [0.05, 0.1) is 30.5 Å². The third kappa shape index (κ3) is 5.32. The second-order valence-corrected chi connectivity index (χ2v) is 8.16. The third-order valence-electron chi connectivity index (χ3n) is 4.55. The molecule has 0 saturated carbocycles. The summed E-state index contributed by atoms with van der Waals surface area (Å²) in [5.41, 5.74) is 0.525. The van der Waals surface area contributed by atoms with E-state index in [1.807, 2.05) is 13.8 Å². The predicted octanol–water partition coefficient (Wildman–Crippen LogP) is 3.62. The number of halogens is 2. The number of hydrogen-bond donors (Lipinski definition) is 3. The summed E-state index contributed by atoms with van der Waals surface area (Å²) in [7, 11) is 1.14. The number of carbonyl (C=O) groups excluding carboxylic acids is 1. The van der Waals surface area contributed by atoms with Gasteiger partial charge in [0.1, 0.15) is 11.4 Å². The fourth-order valence-corrected chi connectivity index (χ4v) is 3.41. The molecule has 0 saturated heterocycles. The van der Waals surface area contributed by atoms with Crippen LogP contribution in [0.3, 0.4) is 0 Å². The molecule has 0 atom stereocenters. The van der Waals surface area contributed by atoms with Gasteiger partial charge in [-0.2, -0.15) is 4.68 Å². The van der Waals surface area contributed by atoms with E-state index in [2.05, 4.69) is 9.73 Å². The van der Waals surface area contributed by atoms with Gasteiger partial charge in [0.25, 0.3) is 0 Å². The number of rotatable bonds is 7. The molecule has 174 valence electrons. The van der Waals surface area contributed by atoms with Crippen molar-refractivity contribution >= 4 is 40.6 Å². The van der Waals surface area contributed by atoms with Gasteiger partial charge < -0.3 is 20.4 Å². The highest BCUT2D eigenvalue weighted by Crippen LogP contribution is 2.29. The predicted molar refractivity (Wildman–Crippen MR) is 126 cm³/mol. The molecule has 3 aromatic rings. The van der Waals surface area contributed by atoms with E-state index >= 15 is 0 Å². The first kappa shape index (κ1) is 24.2. The Morgan fingerprint density at radius 1 is 1.21 bits per heavy atom. The number of nitrogens with zero attached hydrogens (tertiary/aromatic N) is 3. The van der Waals surface area contributed by atoms with Gasteiger partial charge in [-0.1, -0.05) is 35.3 Å². The van der Waals surface area contributed by atoms with Gasteiger partial charge in [0.2, 0.25) is 11.5 Å². The molecule has 4 N–H and O–H groups in total. The molecule has 33 heavy (non-hydrogen) atoms. The third-order valence-corrected chi connectivity index (χ3v) is 5.10. The van der Waals surface area contributed by atoms with Crippen molar-refractivity contribution in [1.82, 2.24) is 9.24 Å². The van der Waals surface area contributed by atoms with Crippen molar-refractivity contribution in [1.29, 1.82) is 5.41 Å². The number of methoxy groups -OCH3 is 1. The van der Waals surface area contributed by atoms with Crippen LogP contribution in [0.4, 0.5) is 5.69 Å². The molecule has 9 nitrogen and oxygen atoms in total. The van der Waals surface area contributed by atoms with Crippen molar-refractivity contribution in [2.45, 2.75) is 26.5 Å². The van der Waals surface area contributed by atoms with Gasteiger partial charge in [-0.3, -0.25) is 9.98 Å². The van der Waals surface area contributed by atoms with Crippen LogP contribution in [-0.4, -0.2) is 39.2 Å². The molecule has 0 unspecified atom stereocenters. The molecule has 0 amide bonds. The van der Waals surface area contributed by atoms with Gasteiger partial charge in [0.15, 0.2) is 5.71 Å². The minimum atomic E-state index is -0.939. The molecule has 0 aliphatic rings. The Hall–Kier alpha value is -3.43. The minimum Gasteiger partial charge on any atom is -0.492 e. The van der Waals surface area contributed by atoms with Crippen LogP contribution in [0.25, 0.3) is 0 Å². The standard InChI is InChI=1S/C22H23Cl2N5O4/c1-12(2)33-17-9-8-15(10-16(17)24)27-22-28(11-13-4-6-14(23)7-5-13)19(20(30)29(22)26)18(25)21(31)32-3/h4-10,12,25,30H,11,26H2,1-3H3. The van der Waals surface area contributed by atoms with Crippen LogP contribution >= 0.6 is 23.2 Å². The Morgan fingerprint density at radius 2 is 1.88 bits per heavy atom. The molecule has 0 radical (unpaired) electrons. The summed E-state index contributed by atoms with van der Waals surface area (Å²) < 4.78 is 12.6. The molecular formula is C22H23Cl2N5O4. The van der Waals surface area contributed by atoms with Crippen LogP contribution in [0.15, 0.2) is 47.5 Å². The van der Waals surface area contributed by atoms with Crippen molar-refractivity contribution in [2.75, 3.05) is 13.0 Å². The maximum atomic E-state index is 12.1. The number of ether oxygens (including phenoxy) is 2. The normalized spacial score (nSPS) is 11.6. The maximum Gasteiger partial charge on any atom is 0.358 e. The first-order valence-electron chi connectivity index (χ1n) is 9.84. The average Bonchev–Trinajstić information content (AvgIpc) is 3.00. The number of nitrogen functional groups attached to an aromatic ring is 1. The van der Waals surface area contributed by atoms with Gasteiger partial charge >= 0.3 is 5.97 Å². The van der Waals surface area contributed by atoms with Crippen molar-refractivity contribution in [2.24, 2.45) is 4.99 Å². The lowest BCUT2D eigenvalue weighted by atomic mass is 10.2. The number of imidazole rings is 1. The lowest BCUT2D eigenvalue weighted by Gasteiger charge is -2.11. The molecule has 0 fully saturated rings. The van der Waals surface area contributed by atoms with E-state index in [0.29, 0.717) is 21.5 Å². The van der Waals surface area contributed by atoms with Gasteiger partial charge in [-0.25, -0.2) is 9.79 Å². The second-order valence-electron chi connectivity index (χ2n) is 7.31. The number of nitrogens with one attached hydrogen (secondary N) is 1. The maximum absolute atomic E-state index is 12.1. The summed E-state index contributed by atoms with van der Waals surface area (Å²) >= 11 is 12.3. The molecule has 0 aliphatic carbocycles. The fraction of sp³-hybridized carbons (Fsp3) is 0.227. The molecule has 0 aliphatic heterocycles. The van der Waals surface area contributed by atoms with Crippen LogP contribution in [0.2, 0.25) is 10.0 Å².